The van der Waals surface area contributed by atoms with E-state index in [1.165, 1.54) is 6.26 Å². The third kappa shape index (κ3) is 1.01. The molecule has 0 amide bonds. The molecule has 0 fully saturated rings. The Morgan fingerprint density at radius 1 is 1.88 bits per heavy atom. The molecule has 1 aliphatic heterocycles. The van der Waals surface area contributed by atoms with Gasteiger partial charge in [-0.1, -0.05) is 6.92 Å². The molecular formula is C4H6O3S. The molecule has 0 saturated carbocycles. The highest BCUT2D eigenvalue weighted by molar-refractivity contribution is 7.75. The van der Waals surface area contributed by atoms with Crippen LogP contribution in [0.4, 0.5) is 0 Å². The van der Waals surface area contributed by atoms with Crippen LogP contribution in [-0.2, 0) is 19.7 Å². The molecule has 0 N–H and O–H groups in total. The molecule has 0 aliphatic carbocycles. The van der Waals surface area contributed by atoms with Crippen LogP contribution in [0.1, 0.15) is 13.3 Å². The molecule has 1 heterocycles. The molecule has 1 unspecified atom stereocenters. The molecule has 3 nitrogen and oxygen atoms in total. The molecule has 0 spiro atoms. The van der Waals surface area contributed by atoms with E-state index in [0.717, 1.165) is 6.42 Å². The first-order valence-electron chi connectivity index (χ1n) is 2.29. The van der Waals surface area contributed by atoms with Gasteiger partial charge in [0.2, 0.25) is 0 Å². The minimum Gasteiger partial charge on any atom is -0.375 e. The van der Waals surface area contributed by atoms with Crippen LogP contribution in [-0.4, -0.2) is 4.21 Å². The summed E-state index contributed by atoms with van der Waals surface area (Å²) in [6.07, 6.45) is 2.10. The lowest BCUT2D eigenvalue weighted by Gasteiger charge is -1.89. The summed E-state index contributed by atoms with van der Waals surface area (Å²) >= 11 is -1.55. The van der Waals surface area contributed by atoms with Crippen molar-refractivity contribution in [3.05, 3.63) is 12.0 Å². The van der Waals surface area contributed by atoms with Crippen LogP contribution < -0.4 is 0 Å². The summed E-state index contributed by atoms with van der Waals surface area (Å²) in [6, 6.07) is 0. The van der Waals surface area contributed by atoms with E-state index in [2.05, 4.69) is 8.37 Å². The number of hydrogen-bond acceptors (Lipinski definition) is 3. The maximum atomic E-state index is 10.2. The van der Waals surface area contributed by atoms with Crippen molar-refractivity contribution in [1.29, 1.82) is 0 Å². The molecule has 0 aromatic carbocycles. The van der Waals surface area contributed by atoms with E-state index < -0.39 is 11.4 Å². The molecule has 1 atom stereocenters. The van der Waals surface area contributed by atoms with Gasteiger partial charge in [-0.3, -0.25) is 0 Å². The van der Waals surface area contributed by atoms with E-state index in [-0.39, 0.29) is 0 Å². The quantitative estimate of drug-likeness (QED) is 0.533. The van der Waals surface area contributed by atoms with Gasteiger partial charge in [0.25, 0.3) is 0 Å². The van der Waals surface area contributed by atoms with Gasteiger partial charge in [-0.15, -0.1) is 0 Å². The van der Waals surface area contributed by atoms with Crippen LogP contribution >= 0.6 is 0 Å². The van der Waals surface area contributed by atoms with Crippen molar-refractivity contribution < 1.29 is 12.6 Å². The van der Waals surface area contributed by atoms with Gasteiger partial charge >= 0.3 is 11.4 Å². The van der Waals surface area contributed by atoms with Gasteiger partial charge < -0.3 is 8.37 Å². The van der Waals surface area contributed by atoms with Gasteiger partial charge in [0.1, 0.15) is 6.26 Å². The average Bonchev–Trinajstić information content (AvgIpc) is 2.14. The summed E-state index contributed by atoms with van der Waals surface area (Å²) < 4.78 is 19.3. The van der Waals surface area contributed by atoms with Gasteiger partial charge in [-0.2, -0.15) is 4.21 Å². The predicted molar refractivity (Wildman–Crippen MR) is 28.7 cm³/mol. The molecular weight excluding hydrogens is 128 g/mol. The van der Waals surface area contributed by atoms with Gasteiger partial charge in [-0.25, -0.2) is 0 Å². The highest BCUT2D eigenvalue weighted by atomic mass is 32.2. The standard InChI is InChI=1S/C4H6O3S/c1-2-4-3-6-8(5)7-4/h3H,2H2,1H3. The first kappa shape index (κ1) is 5.62. The maximum Gasteiger partial charge on any atom is 0.417 e. The van der Waals surface area contributed by atoms with E-state index in [0.29, 0.717) is 5.76 Å². The van der Waals surface area contributed by atoms with E-state index in [1.54, 1.807) is 0 Å². The zero-order valence-electron chi connectivity index (χ0n) is 4.42. The smallest absolute Gasteiger partial charge is 0.375 e. The summed E-state index contributed by atoms with van der Waals surface area (Å²) in [7, 11) is 0. The van der Waals surface area contributed by atoms with Crippen molar-refractivity contribution in [3.8, 4) is 0 Å². The third-order valence-electron chi connectivity index (χ3n) is 0.782. The maximum absolute atomic E-state index is 10.2. The van der Waals surface area contributed by atoms with Crippen molar-refractivity contribution >= 4 is 11.4 Å². The van der Waals surface area contributed by atoms with Crippen LogP contribution in [0.5, 0.6) is 0 Å². The second-order valence-electron chi connectivity index (χ2n) is 1.32. The Bertz CT molecular complexity index is 140. The Labute approximate surface area is 50.2 Å². The number of hydrogen-bond donors (Lipinski definition) is 0. The van der Waals surface area contributed by atoms with Crippen LogP contribution in [0.2, 0.25) is 0 Å². The predicted octanol–water partition coefficient (Wildman–Crippen LogP) is 0.863. The lowest BCUT2D eigenvalue weighted by atomic mass is 10.4. The van der Waals surface area contributed by atoms with Gasteiger partial charge in [0.15, 0.2) is 5.76 Å². The molecule has 0 aromatic rings. The molecule has 0 saturated heterocycles. The highest BCUT2D eigenvalue weighted by Gasteiger charge is 2.11. The molecule has 0 aromatic heterocycles. The normalized spacial score (nSPS) is 26.1. The molecule has 8 heavy (non-hydrogen) atoms. The minimum atomic E-state index is -1.55. The van der Waals surface area contributed by atoms with E-state index in [9.17, 15) is 4.21 Å². The van der Waals surface area contributed by atoms with Gasteiger partial charge in [-0.05, 0) is 0 Å². The molecule has 1 aliphatic rings. The minimum absolute atomic E-state index is 0.642. The first-order valence-corrected chi connectivity index (χ1v) is 3.29. The van der Waals surface area contributed by atoms with Crippen molar-refractivity contribution in [1.82, 2.24) is 0 Å². The Kier molecular flexibility index (Phi) is 1.53. The van der Waals surface area contributed by atoms with Crippen LogP contribution in [0, 0.1) is 0 Å². The molecule has 0 bridgehead atoms. The monoisotopic (exact) mass is 134 g/mol. The Balaban J connectivity index is 2.49. The number of allylic oxidation sites excluding steroid dienone is 1. The van der Waals surface area contributed by atoms with E-state index >= 15 is 0 Å². The Hall–Kier alpha value is -0.510. The SMILES string of the molecule is CCC1=COS(=O)O1. The summed E-state index contributed by atoms with van der Waals surface area (Å²) in [6.45, 7) is 1.90. The summed E-state index contributed by atoms with van der Waals surface area (Å²) in [5.41, 5.74) is 0. The van der Waals surface area contributed by atoms with Crippen molar-refractivity contribution in [3.63, 3.8) is 0 Å². The fourth-order valence-electron chi connectivity index (χ4n) is 0.362. The Morgan fingerprint density at radius 2 is 2.62 bits per heavy atom. The topological polar surface area (TPSA) is 35.5 Å². The Morgan fingerprint density at radius 3 is 2.88 bits per heavy atom. The molecule has 46 valence electrons. The van der Waals surface area contributed by atoms with Gasteiger partial charge in [0, 0.05) is 6.42 Å². The van der Waals surface area contributed by atoms with Crippen molar-refractivity contribution in [2.24, 2.45) is 0 Å². The van der Waals surface area contributed by atoms with Crippen LogP contribution in [0.25, 0.3) is 0 Å². The zero-order valence-corrected chi connectivity index (χ0v) is 5.23. The molecule has 0 radical (unpaired) electrons. The van der Waals surface area contributed by atoms with Crippen molar-refractivity contribution in [2.75, 3.05) is 0 Å². The second-order valence-corrected chi connectivity index (χ2v) is 2.09. The third-order valence-corrected chi connectivity index (χ3v) is 1.39. The van der Waals surface area contributed by atoms with E-state index in [1.807, 2.05) is 6.92 Å². The van der Waals surface area contributed by atoms with E-state index in [4.69, 9.17) is 0 Å². The zero-order chi connectivity index (χ0) is 5.98. The van der Waals surface area contributed by atoms with Gasteiger partial charge in [0.05, 0.1) is 0 Å². The second kappa shape index (κ2) is 2.17. The lowest BCUT2D eigenvalue weighted by Crippen LogP contribution is -1.85. The van der Waals surface area contributed by atoms with Crippen LogP contribution in [0.3, 0.4) is 0 Å². The van der Waals surface area contributed by atoms with Crippen LogP contribution in [0.15, 0.2) is 12.0 Å². The average molecular weight is 134 g/mol. The lowest BCUT2D eigenvalue weighted by molar-refractivity contribution is 0.423. The fraction of sp³-hybridized carbons (Fsp3) is 0.500. The summed E-state index contributed by atoms with van der Waals surface area (Å²) in [4.78, 5) is 0. The summed E-state index contributed by atoms with van der Waals surface area (Å²) in [5.74, 6) is 0.642. The largest absolute Gasteiger partial charge is 0.417 e. The molecule has 1 rings (SSSR count). The number of rotatable bonds is 1. The van der Waals surface area contributed by atoms with Crippen molar-refractivity contribution in [2.45, 2.75) is 13.3 Å². The fourth-order valence-corrected chi connectivity index (χ4v) is 0.919. The first-order chi connectivity index (χ1) is 3.83. The summed E-state index contributed by atoms with van der Waals surface area (Å²) in [5, 5.41) is 0. The molecule has 4 heteroatoms. The highest BCUT2D eigenvalue weighted by Crippen LogP contribution is 2.13.